The Bertz CT molecular complexity index is 1260. The number of nitrogens with zero attached hydrogens (tertiary/aromatic N) is 4. The molecule has 1 aliphatic carbocycles. The SMILES string of the molecule is O=C(CC1CSc2nc3c(cnn3-c3cccc(Cl)c3)c(=O)n21)NCCC1=CCCCC1. The normalized spacial score (nSPS) is 17.9. The minimum absolute atomic E-state index is 0.0264. The van der Waals surface area contributed by atoms with E-state index in [1.165, 1.54) is 36.4 Å². The van der Waals surface area contributed by atoms with Gasteiger partial charge < -0.3 is 5.32 Å². The number of allylic oxidation sites excluding steroid dienone is 1. The molecule has 166 valence electrons. The van der Waals surface area contributed by atoms with Crippen molar-refractivity contribution in [2.75, 3.05) is 12.3 Å². The van der Waals surface area contributed by atoms with Gasteiger partial charge in [-0.25, -0.2) is 9.67 Å². The largest absolute Gasteiger partial charge is 0.356 e. The van der Waals surface area contributed by atoms with Crippen LogP contribution >= 0.6 is 23.4 Å². The first-order valence-electron chi connectivity index (χ1n) is 10.9. The summed E-state index contributed by atoms with van der Waals surface area (Å²) in [5.41, 5.74) is 2.53. The Kier molecular flexibility index (Phi) is 6.06. The van der Waals surface area contributed by atoms with Crippen molar-refractivity contribution < 1.29 is 4.79 Å². The van der Waals surface area contributed by atoms with Crippen LogP contribution in [0.1, 0.15) is 44.6 Å². The van der Waals surface area contributed by atoms with Gasteiger partial charge in [0.15, 0.2) is 10.8 Å². The predicted octanol–water partition coefficient (Wildman–Crippen LogP) is 4.28. The molecule has 0 spiro atoms. The third-order valence-electron chi connectivity index (χ3n) is 6.00. The van der Waals surface area contributed by atoms with Crippen molar-refractivity contribution in [3.63, 3.8) is 0 Å². The average molecular weight is 470 g/mol. The summed E-state index contributed by atoms with van der Waals surface area (Å²) in [7, 11) is 0. The van der Waals surface area contributed by atoms with Crippen LogP contribution in [0.4, 0.5) is 0 Å². The fourth-order valence-corrected chi connectivity index (χ4v) is 5.67. The van der Waals surface area contributed by atoms with E-state index in [1.807, 2.05) is 12.1 Å². The van der Waals surface area contributed by atoms with Crippen molar-refractivity contribution >= 4 is 40.3 Å². The van der Waals surface area contributed by atoms with Gasteiger partial charge in [0.25, 0.3) is 5.56 Å². The maximum Gasteiger partial charge on any atom is 0.265 e. The van der Waals surface area contributed by atoms with Crippen LogP contribution < -0.4 is 10.9 Å². The van der Waals surface area contributed by atoms with E-state index in [0.29, 0.717) is 33.5 Å². The second-order valence-corrected chi connectivity index (χ2v) is 9.64. The summed E-state index contributed by atoms with van der Waals surface area (Å²) in [6, 6.07) is 7.06. The monoisotopic (exact) mass is 469 g/mol. The summed E-state index contributed by atoms with van der Waals surface area (Å²) in [6.07, 6.45) is 9.83. The van der Waals surface area contributed by atoms with Crippen LogP contribution in [-0.2, 0) is 4.79 Å². The Hall–Kier alpha value is -2.58. The van der Waals surface area contributed by atoms with E-state index in [4.69, 9.17) is 16.6 Å². The molecule has 0 saturated carbocycles. The van der Waals surface area contributed by atoms with Gasteiger partial charge in [0.2, 0.25) is 5.91 Å². The highest BCUT2D eigenvalue weighted by Crippen LogP contribution is 2.33. The number of carbonyl (C=O) groups excluding carboxylic acids is 1. The Morgan fingerprint density at radius 2 is 2.22 bits per heavy atom. The molecule has 2 aromatic heterocycles. The van der Waals surface area contributed by atoms with Crippen LogP contribution in [0.25, 0.3) is 16.7 Å². The molecular formula is C23H24ClN5O2S. The lowest BCUT2D eigenvalue weighted by atomic mass is 9.97. The topological polar surface area (TPSA) is 81.8 Å². The second kappa shape index (κ2) is 9.11. The van der Waals surface area contributed by atoms with Gasteiger partial charge in [-0.05, 0) is 50.3 Å². The van der Waals surface area contributed by atoms with Gasteiger partial charge >= 0.3 is 0 Å². The van der Waals surface area contributed by atoms with Crippen molar-refractivity contribution in [2.24, 2.45) is 0 Å². The van der Waals surface area contributed by atoms with Crippen molar-refractivity contribution in [2.45, 2.75) is 49.7 Å². The van der Waals surface area contributed by atoms with Gasteiger partial charge in [0.05, 0.1) is 17.9 Å². The minimum Gasteiger partial charge on any atom is -0.356 e. The summed E-state index contributed by atoms with van der Waals surface area (Å²) >= 11 is 7.61. The molecule has 0 bridgehead atoms. The summed E-state index contributed by atoms with van der Waals surface area (Å²) in [4.78, 5) is 30.5. The highest BCUT2D eigenvalue weighted by molar-refractivity contribution is 7.99. The zero-order valence-corrected chi connectivity index (χ0v) is 19.2. The third kappa shape index (κ3) is 4.21. The molecule has 1 amide bonds. The number of hydrogen-bond acceptors (Lipinski definition) is 5. The van der Waals surface area contributed by atoms with Crippen LogP contribution in [-0.4, -0.2) is 37.5 Å². The van der Waals surface area contributed by atoms with Gasteiger partial charge in [-0.15, -0.1) is 0 Å². The highest BCUT2D eigenvalue weighted by atomic mass is 35.5. The van der Waals surface area contributed by atoms with E-state index in [-0.39, 0.29) is 23.9 Å². The van der Waals surface area contributed by atoms with E-state index >= 15 is 0 Å². The summed E-state index contributed by atoms with van der Waals surface area (Å²) < 4.78 is 3.28. The Labute approximate surface area is 194 Å². The predicted molar refractivity (Wildman–Crippen MR) is 127 cm³/mol. The maximum atomic E-state index is 13.2. The lowest BCUT2D eigenvalue weighted by Gasteiger charge is -2.15. The molecule has 1 N–H and O–H groups in total. The van der Waals surface area contributed by atoms with E-state index in [9.17, 15) is 9.59 Å². The smallest absolute Gasteiger partial charge is 0.265 e. The zero-order valence-electron chi connectivity index (χ0n) is 17.6. The van der Waals surface area contributed by atoms with Crippen LogP contribution in [0.3, 0.4) is 0 Å². The molecule has 0 radical (unpaired) electrons. The van der Waals surface area contributed by atoms with E-state index in [1.54, 1.807) is 21.4 Å². The van der Waals surface area contributed by atoms with Crippen LogP contribution in [0.2, 0.25) is 5.02 Å². The van der Waals surface area contributed by atoms with Crippen LogP contribution in [0.5, 0.6) is 0 Å². The number of amides is 1. The summed E-state index contributed by atoms with van der Waals surface area (Å²) in [6.45, 7) is 0.649. The third-order valence-corrected chi connectivity index (χ3v) is 7.33. The lowest BCUT2D eigenvalue weighted by molar-refractivity contribution is -0.121. The molecule has 3 aromatic rings. The summed E-state index contributed by atoms with van der Waals surface area (Å²) in [5.74, 6) is 0.624. The first-order chi connectivity index (χ1) is 15.6. The van der Waals surface area contributed by atoms with Gasteiger partial charge in [-0.2, -0.15) is 5.10 Å². The van der Waals surface area contributed by atoms with Crippen LogP contribution in [0.15, 0.2) is 52.1 Å². The van der Waals surface area contributed by atoms with Gasteiger partial charge in [0, 0.05) is 23.7 Å². The summed E-state index contributed by atoms with van der Waals surface area (Å²) in [5, 5.41) is 9.03. The fourth-order valence-electron chi connectivity index (χ4n) is 4.36. The van der Waals surface area contributed by atoms with Gasteiger partial charge in [-0.3, -0.25) is 14.2 Å². The molecule has 32 heavy (non-hydrogen) atoms. The molecule has 1 atom stereocenters. The molecule has 2 aliphatic rings. The lowest BCUT2D eigenvalue weighted by Crippen LogP contribution is -2.31. The zero-order chi connectivity index (χ0) is 22.1. The molecule has 9 heteroatoms. The number of nitrogens with one attached hydrogen (secondary N) is 1. The number of carbonyl (C=O) groups is 1. The number of benzene rings is 1. The van der Waals surface area contributed by atoms with Crippen molar-refractivity contribution in [1.82, 2.24) is 24.6 Å². The number of aromatic nitrogens is 4. The Balaban J connectivity index is 1.32. The molecular weight excluding hydrogens is 446 g/mol. The average Bonchev–Trinajstić information content (AvgIpc) is 3.39. The Morgan fingerprint density at radius 1 is 1.31 bits per heavy atom. The van der Waals surface area contributed by atoms with Crippen molar-refractivity contribution in [1.29, 1.82) is 0 Å². The molecule has 1 aromatic carbocycles. The van der Waals surface area contributed by atoms with E-state index < -0.39 is 0 Å². The van der Waals surface area contributed by atoms with E-state index in [2.05, 4.69) is 16.5 Å². The molecule has 7 nitrogen and oxygen atoms in total. The molecule has 3 heterocycles. The second-order valence-electron chi connectivity index (χ2n) is 8.22. The number of fused-ring (bicyclic) bond motifs is 2. The quantitative estimate of drug-likeness (QED) is 0.430. The first kappa shape index (κ1) is 21.3. The maximum absolute atomic E-state index is 13.2. The number of rotatable bonds is 6. The van der Waals surface area contributed by atoms with Gasteiger partial charge in [0.1, 0.15) is 5.39 Å². The van der Waals surface area contributed by atoms with Crippen LogP contribution in [0, 0.1) is 0 Å². The molecule has 0 fully saturated rings. The highest BCUT2D eigenvalue weighted by Gasteiger charge is 2.29. The minimum atomic E-state index is -0.206. The fraction of sp³-hybridized carbons (Fsp3) is 0.391. The molecule has 0 saturated heterocycles. The molecule has 5 rings (SSSR count). The number of thioether (sulfide) groups is 1. The Morgan fingerprint density at radius 3 is 3.03 bits per heavy atom. The van der Waals surface area contributed by atoms with E-state index in [0.717, 1.165) is 24.9 Å². The van der Waals surface area contributed by atoms with Crippen molar-refractivity contribution in [3.8, 4) is 5.69 Å². The first-order valence-corrected chi connectivity index (χ1v) is 12.3. The standard InChI is InChI=1S/C23H24ClN5O2S/c24-16-7-4-8-17(11-16)29-21-19(13-26-29)22(31)28-18(14-32-23(28)27-21)12-20(30)25-10-9-15-5-2-1-3-6-15/h4-5,7-8,11,13,18H,1-3,6,9-10,12,14H2,(H,25,30). The van der Waals surface area contributed by atoms with Gasteiger partial charge in [-0.1, -0.05) is 41.1 Å². The van der Waals surface area contributed by atoms with Crippen molar-refractivity contribution in [3.05, 3.63) is 57.5 Å². The molecule has 1 unspecified atom stereocenters. The molecule has 1 aliphatic heterocycles. The number of hydrogen-bond donors (Lipinski definition) is 1. The number of halogens is 1.